The van der Waals surface area contributed by atoms with Gasteiger partial charge in [0.15, 0.2) is 6.29 Å². The summed E-state index contributed by atoms with van der Waals surface area (Å²) >= 11 is 0. The molecule has 0 spiro atoms. The number of aliphatic hydroxyl groups is 1. The van der Waals surface area contributed by atoms with Crippen LogP contribution in [0.15, 0.2) is 97.2 Å². The monoisotopic (exact) mass is 651 g/mol. The van der Waals surface area contributed by atoms with Crippen molar-refractivity contribution in [2.75, 3.05) is 20.1 Å². The summed E-state index contributed by atoms with van der Waals surface area (Å²) in [5.74, 6) is -0.920. The number of carbonyl (C=O) groups is 2. The van der Waals surface area contributed by atoms with Crippen molar-refractivity contribution in [3.05, 3.63) is 125 Å². The fourth-order valence-electron chi connectivity index (χ4n) is 5.87. The minimum Gasteiger partial charge on any atom is -0.481 e. The number of hydrogen-bond donors (Lipinski definition) is 3. The highest BCUT2D eigenvalue weighted by atomic mass is 16.7. The molecule has 1 amide bonds. The number of likely N-dealkylation sites (N-methyl/N-ethyl adjacent to an activating group) is 1. The Hall–Kier alpha value is -4.41. The molecule has 252 valence electrons. The van der Waals surface area contributed by atoms with Crippen LogP contribution < -0.4 is 5.32 Å². The fraction of sp³-hybridized carbons (Fsp3) is 0.359. The molecule has 48 heavy (non-hydrogen) atoms. The maximum absolute atomic E-state index is 12.2. The van der Waals surface area contributed by atoms with Gasteiger partial charge in [0.1, 0.15) is 0 Å². The van der Waals surface area contributed by atoms with E-state index in [0.717, 1.165) is 58.6 Å². The molecule has 4 aromatic rings. The molecule has 3 unspecified atom stereocenters. The highest BCUT2D eigenvalue weighted by molar-refractivity contribution is 5.76. The summed E-state index contributed by atoms with van der Waals surface area (Å²) in [5, 5.41) is 21.2. The van der Waals surface area contributed by atoms with Crippen LogP contribution in [-0.2, 0) is 38.6 Å². The Balaban J connectivity index is 1.23. The Bertz CT molecular complexity index is 1600. The standard InChI is InChI=1S/C39H45N3O6/c1-42(22-20-34-9-4-5-21-40-34)26-35-24-36(31-14-12-28(27-43)13-15-31)48-39(47-35)32-18-16-30(17-19-32)33-8-6-7-29(23-33)25-41-37(44)10-2-3-11-38(45)46/h4-9,12-19,21,23,35-36,39,43H,2-3,10-11,20,22,24-27H2,1H3,(H,41,44)(H,45,46). The Morgan fingerprint density at radius 3 is 2.38 bits per heavy atom. The van der Waals surface area contributed by atoms with Crippen LogP contribution >= 0.6 is 0 Å². The summed E-state index contributed by atoms with van der Waals surface area (Å²) in [5.41, 5.74) is 6.98. The number of ether oxygens (including phenoxy) is 2. The van der Waals surface area contributed by atoms with Gasteiger partial charge in [-0.1, -0.05) is 72.8 Å². The lowest BCUT2D eigenvalue weighted by atomic mass is 9.99. The first-order valence-corrected chi connectivity index (χ1v) is 16.6. The number of carboxylic acids is 1. The first kappa shape index (κ1) is 34.9. The Morgan fingerprint density at radius 1 is 0.875 bits per heavy atom. The summed E-state index contributed by atoms with van der Waals surface area (Å²) in [6.45, 7) is 2.03. The van der Waals surface area contributed by atoms with Crippen molar-refractivity contribution in [3.63, 3.8) is 0 Å². The van der Waals surface area contributed by atoms with Crippen molar-refractivity contribution in [2.24, 2.45) is 0 Å². The zero-order valence-electron chi connectivity index (χ0n) is 27.5. The molecule has 9 nitrogen and oxygen atoms in total. The molecule has 3 N–H and O–H groups in total. The molecule has 3 aromatic carbocycles. The number of amides is 1. The van der Waals surface area contributed by atoms with Gasteiger partial charge >= 0.3 is 5.97 Å². The van der Waals surface area contributed by atoms with Gasteiger partial charge in [0, 0.05) is 62.8 Å². The van der Waals surface area contributed by atoms with Gasteiger partial charge in [-0.25, -0.2) is 0 Å². The predicted octanol–water partition coefficient (Wildman–Crippen LogP) is 6.22. The van der Waals surface area contributed by atoms with Crippen LogP contribution in [-0.4, -0.2) is 58.2 Å². The van der Waals surface area contributed by atoms with Gasteiger partial charge in [-0.2, -0.15) is 0 Å². The molecule has 1 saturated heterocycles. The maximum Gasteiger partial charge on any atom is 0.303 e. The third kappa shape index (κ3) is 10.6. The van der Waals surface area contributed by atoms with Crippen LogP contribution in [0.1, 0.15) is 72.4 Å². The van der Waals surface area contributed by atoms with E-state index in [2.05, 4.69) is 40.4 Å². The average molecular weight is 652 g/mol. The summed E-state index contributed by atoms with van der Waals surface area (Å²) in [6.07, 6.45) is 4.10. The van der Waals surface area contributed by atoms with Crippen molar-refractivity contribution < 1.29 is 29.3 Å². The predicted molar refractivity (Wildman–Crippen MR) is 184 cm³/mol. The second-order valence-electron chi connectivity index (χ2n) is 12.4. The molecule has 1 aliphatic heterocycles. The van der Waals surface area contributed by atoms with Crippen LogP contribution in [0.5, 0.6) is 0 Å². The number of hydrogen-bond acceptors (Lipinski definition) is 7. The van der Waals surface area contributed by atoms with Crippen molar-refractivity contribution in [3.8, 4) is 11.1 Å². The molecule has 0 bridgehead atoms. The number of carbonyl (C=O) groups excluding carboxylic acids is 1. The molecule has 1 aliphatic rings. The lowest BCUT2D eigenvalue weighted by Crippen LogP contribution is -2.38. The number of pyridine rings is 1. The van der Waals surface area contributed by atoms with Gasteiger partial charge in [0.2, 0.25) is 5.91 Å². The normalized spacial score (nSPS) is 17.7. The zero-order valence-corrected chi connectivity index (χ0v) is 27.5. The van der Waals surface area contributed by atoms with E-state index in [1.54, 1.807) is 0 Å². The number of aliphatic hydroxyl groups excluding tert-OH is 1. The highest BCUT2D eigenvalue weighted by Crippen LogP contribution is 2.38. The summed E-state index contributed by atoms with van der Waals surface area (Å²) in [4.78, 5) is 29.6. The van der Waals surface area contributed by atoms with Gasteiger partial charge in [0.25, 0.3) is 0 Å². The number of aliphatic carboxylic acids is 1. The van der Waals surface area contributed by atoms with Gasteiger partial charge in [-0.15, -0.1) is 0 Å². The maximum atomic E-state index is 12.2. The minimum absolute atomic E-state index is 0.00130. The summed E-state index contributed by atoms with van der Waals surface area (Å²) < 4.78 is 13.1. The van der Waals surface area contributed by atoms with Gasteiger partial charge in [-0.3, -0.25) is 14.6 Å². The quantitative estimate of drug-likeness (QED) is 0.122. The molecule has 0 saturated carbocycles. The molecule has 5 rings (SSSR count). The number of rotatable bonds is 16. The lowest BCUT2D eigenvalue weighted by Gasteiger charge is -2.38. The Labute approximate surface area is 282 Å². The molecular formula is C39H45N3O6. The number of aromatic nitrogens is 1. The minimum atomic E-state index is -0.839. The van der Waals surface area contributed by atoms with Crippen LogP contribution in [0.2, 0.25) is 0 Å². The van der Waals surface area contributed by atoms with E-state index in [4.69, 9.17) is 14.6 Å². The fourth-order valence-corrected chi connectivity index (χ4v) is 5.87. The van der Waals surface area contributed by atoms with E-state index < -0.39 is 12.3 Å². The highest BCUT2D eigenvalue weighted by Gasteiger charge is 2.32. The molecule has 1 fully saturated rings. The van der Waals surface area contributed by atoms with Crippen molar-refractivity contribution in [1.29, 1.82) is 0 Å². The van der Waals surface area contributed by atoms with Crippen molar-refractivity contribution >= 4 is 11.9 Å². The van der Waals surface area contributed by atoms with E-state index in [0.29, 0.717) is 32.2 Å². The van der Waals surface area contributed by atoms with Crippen LogP contribution in [0.3, 0.4) is 0 Å². The second-order valence-corrected chi connectivity index (χ2v) is 12.4. The van der Waals surface area contributed by atoms with Crippen molar-refractivity contribution in [1.82, 2.24) is 15.2 Å². The smallest absolute Gasteiger partial charge is 0.303 e. The number of nitrogens with one attached hydrogen (secondary N) is 1. The van der Waals surface area contributed by atoms with E-state index in [9.17, 15) is 14.7 Å². The van der Waals surface area contributed by atoms with E-state index in [-0.39, 0.29) is 31.1 Å². The first-order chi connectivity index (χ1) is 23.4. The molecule has 0 radical (unpaired) electrons. The van der Waals surface area contributed by atoms with Gasteiger partial charge < -0.3 is 29.9 Å². The van der Waals surface area contributed by atoms with E-state index in [1.165, 1.54) is 0 Å². The van der Waals surface area contributed by atoms with Gasteiger partial charge in [-0.05, 0) is 65.9 Å². The lowest BCUT2D eigenvalue weighted by molar-refractivity contribution is -0.252. The number of benzene rings is 3. The van der Waals surface area contributed by atoms with E-state index in [1.807, 2.05) is 79.0 Å². The second kappa shape index (κ2) is 17.7. The van der Waals surface area contributed by atoms with Gasteiger partial charge in [0.05, 0.1) is 18.8 Å². The number of nitrogens with zero attached hydrogens (tertiary/aromatic N) is 2. The molecule has 9 heteroatoms. The van der Waals surface area contributed by atoms with Crippen LogP contribution in [0, 0.1) is 0 Å². The Morgan fingerprint density at radius 2 is 1.65 bits per heavy atom. The average Bonchev–Trinajstić information content (AvgIpc) is 3.12. The van der Waals surface area contributed by atoms with Crippen molar-refractivity contribution in [2.45, 2.75) is 70.2 Å². The summed E-state index contributed by atoms with van der Waals surface area (Å²) in [7, 11) is 2.11. The van der Waals surface area contributed by atoms with Crippen LogP contribution in [0.25, 0.3) is 11.1 Å². The summed E-state index contributed by atoms with van der Waals surface area (Å²) in [6, 6.07) is 30.2. The van der Waals surface area contributed by atoms with E-state index >= 15 is 0 Å². The Kier molecular flexibility index (Phi) is 12.8. The molecule has 3 atom stereocenters. The third-order valence-electron chi connectivity index (χ3n) is 8.58. The zero-order chi connectivity index (χ0) is 33.7. The largest absolute Gasteiger partial charge is 0.481 e. The van der Waals surface area contributed by atoms with Crippen LogP contribution in [0.4, 0.5) is 0 Å². The molecule has 0 aliphatic carbocycles. The molecular weight excluding hydrogens is 606 g/mol. The first-order valence-electron chi connectivity index (χ1n) is 16.6. The molecule has 1 aromatic heterocycles. The number of unbranched alkanes of at least 4 members (excludes halogenated alkanes) is 1. The number of carboxylic acid groups (broad SMARTS) is 1. The topological polar surface area (TPSA) is 121 Å². The molecule has 2 heterocycles. The third-order valence-corrected chi connectivity index (χ3v) is 8.58. The SMILES string of the molecule is CN(CCc1ccccn1)CC1CC(c2ccc(CO)cc2)OC(c2ccc(-c3cccc(CNC(=O)CCCCC(=O)O)c3)cc2)O1.